The summed E-state index contributed by atoms with van der Waals surface area (Å²) in [4.78, 5) is 64.7. The number of carbonyl (C=O) groups excluding carboxylic acids is 5. The molecule has 252 valence electrons. The Morgan fingerprint density at radius 3 is 2.04 bits per heavy atom. The molecule has 0 radical (unpaired) electrons. The van der Waals surface area contributed by atoms with Crippen LogP contribution in [0.2, 0.25) is 0 Å². The molecule has 0 aromatic heterocycles. The Hall–Kier alpha value is -3.94. The van der Waals surface area contributed by atoms with Gasteiger partial charge < -0.3 is 37.8 Å². The zero-order chi connectivity index (χ0) is 34.1. The zero-order valence-electron chi connectivity index (χ0n) is 26.8. The highest BCUT2D eigenvalue weighted by Gasteiger charge is 2.30. The first-order valence-electron chi connectivity index (χ1n) is 15.5. The molecule has 0 fully saturated rings. The number of carbonyl (C=O) groups is 5. The normalized spacial score (nSPS) is 13.6. The number of phenolic OH excluding ortho intramolecular Hbond substituents is 1. The number of aromatic hydroxyl groups is 1. The summed E-state index contributed by atoms with van der Waals surface area (Å²) in [7, 11) is 0. The van der Waals surface area contributed by atoms with Crippen LogP contribution in [0.15, 0.2) is 54.6 Å². The molecule has 12 nitrogen and oxygen atoms in total. The Bertz CT molecular complexity index is 1280. The molecule has 0 saturated carbocycles. The molecule has 0 spiro atoms. The van der Waals surface area contributed by atoms with Crippen molar-refractivity contribution in [3.05, 3.63) is 65.7 Å². The second-order valence-electron chi connectivity index (χ2n) is 11.6. The van der Waals surface area contributed by atoms with Crippen LogP contribution < -0.4 is 32.7 Å². The van der Waals surface area contributed by atoms with Gasteiger partial charge in [0.1, 0.15) is 23.9 Å². The fraction of sp³-hybridized carbons (Fsp3) is 0.485. The minimum Gasteiger partial charge on any atom is -0.508 e. The molecule has 0 aliphatic rings. The van der Waals surface area contributed by atoms with Crippen LogP contribution >= 0.6 is 11.8 Å². The monoisotopic (exact) mass is 656 g/mol. The maximum Gasteiger partial charge on any atom is 0.243 e. The van der Waals surface area contributed by atoms with Crippen molar-refractivity contribution in [3.63, 3.8) is 0 Å². The van der Waals surface area contributed by atoms with Crippen molar-refractivity contribution in [3.8, 4) is 5.75 Å². The second-order valence-corrected chi connectivity index (χ2v) is 12.6. The van der Waals surface area contributed by atoms with E-state index in [4.69, 9.17) is 11.5 Å². The van der Waals surface area contributed by atoms with E-state index in [2.05, 4.69) is 21.3 Å². The average molecular weight is 657 g/mol. The van der Waals surface area contributed by atoms with Crippen molar-refractivity contribution in [2.24, 2.45) is 17.4 Å². The molecule has 2 aromatic carbocycles. The topological polar surface area (TPSA) is 206 Å². The van der Waals surface area contributed by atoms with Gasteiger partial charge in [0, 0.05) is 12.2 Å². The maximum atomic E-state index is 13.6. The minimum atomic E-state index is -1.07. The summed E-state index contributed by atoms with van der Waals surface area (Å²) in [6.07, 6.45) is 1.87. The lowest BCUT2D eigenvalue weighted by molar-refractivity contribution is -0.134. The molecule has 0 unspecified atom stereocenters. The highest BCUT2D eigenvalue weighted by Crippen LogP contribution is 2.14. The van der Waals surface area contributed by atoms with Crippen LogP contribution in [0.1, 0.15) is 57.6 Å². The molecule has 0 aliphatic carbocycles. The van der Waals surface area contributed by atoms with E-state index in [0.717, 1.165) is 17.3 Å². The number of nitrogens with one attached hydrogen (secondary N) is 4. The van der Waals surface area contributed by atoms with Crippen molar-refractivity contribution < 1.29 is 29.1 Å². The molecule has 4 atom stereocenters. The predicted molar refractivity (Wildman–Crippen MR) is 179 cm³/mol. The zero-order valence-corrected chi connectivity index (χ0v) is 27.6. The quantitative estimate of drug-likeness (QED) is 0.109. The van der Waals surface area contributed by atoms with Crippen molar-refractivity contribution >= 4 is 40.5 Å². The molecule has 0 bridgehead atoms. The van der Waals surface area contributed by atoms with E-state index in [9.17, 15) is 29.1 Å². The van der Waals surface area contributed by atoms with Gasteiger partial charge in [0.05, 0.1) is 12.6 Å². The van der Waals surface area contributed by atoms with E-state index in [0.29, 0.717) is 37.1 Å². The number of phenols is 1. The Morgan fingerprint density at radius 1 is 0.783 bits per heavy atom. The molecule has 0 saturated heterocycles. The number of hydrogen-bond acceptors (Lipinski definition) is 9. The first-order valence-corrected chi connectivity index (χ1v) is 16.5. The van der Waals surface area contributed by atoms with Gasteiger partial charge in [-0.25, -0.2) is 0 Å². The van der Waals surface area contributed by atoms with E-state index in [1.807, 2.05) is 44.2 Å². The Kier molecular flexibility index (Phi) is 16.8. The van der Waals surface area contributed by atoms with Crippen LogP contribution in [0.25, 0.3) is 0 Å². The summed E-state index contributed by atoms with van der Waals surface area (Å²) in [5.74, 6) is -1.56. The lowest BCUT2D eigenvalue weighted by Crippen LogP contribution is -2.58. The van der Waals surface area contributed by atoms with Crippen LogP contribution in [0.3, 0.4) is 0 Å². The Balaban J connectivity index is 2.06. The van der Waals surface area contributed by atoms with Gasteiger partial charge in [0.15, 0.2) is 0 Å². The molecule has 9 N–H and O–H groups in total. The van der Waals surface area contributed by atoms with Crippen molar-refractivity contribution in [1.29, 1.82) is 0 Å². The number of benzene rings is 2. The molecular weight excluding hydrogens is 608 g/mol. The number of rotatable bonds is 19. The number of amides is 4. The molecular formula is C33H48N6O6S. The molecule has 0 heterocycles. The third kappa shape index (κ3) is 14.4. The van der Waals surface area contributed by atoms with E-state index >= 15 is 0 Å². The van der Waals surface area contributed by atoms with Gasteiger partial charge in [-0.15, -0.1) is 0 Å². The largest absolute Gasteiger partial charge is 0.508 e. The smallest absolute Gasteiger partial charge is 0.243 e. The highest BCUT2D eigenvalue weighted by atomic mass is 32.2. The van der Waals surface area contributed by atoms with E-state index in [1.54, 1.807) is 12.1 Å². The molecule has 46 heavy (non-hydrogen) atoms. The van der Waals surface area contributed by atoms with Crippen LogP contribution in [0.4, 0.5) is 0 Å². The molecule has 0 aliphatic heterocycles. The van der Waals surface area contributed by atoms with Gasteiger partial charge in [0.2, 0.25) is 28.7 Å². The Labute approximate surface area is 275 Å². The highest BCUT2D eigenvalue weighted by molar-refractivity contribution is 8.13. The first kappa shape index (κ1) is 38.2. The summed E-state index contributed by atoms with van der Waals surface area (Å²) in [6.45, 7) is 5.54. The number of nitrogens with two attached hydrogens (primary N) is 2. The van der Waals surface area contributed by atoms with Gasteiger partial charge in [0.25, 0.3) is 0 Å². The first-order chi connectivity index (χ1) is 21.9. The second kappa shape index (κ2) is 20.2. The van der Waals surface area contributed by atoms with E-state index in [1.165, 1.54) is 19.1 Å². The van der Waals surface area contributed by atoms with E-state index < -0.39 is 47.8 Å². The summed E-state index contributed by atoms with van der Waals surface area (Å²) in [5.41, 5.74) is 13.4. The van der Waals surface area contributed by atoms with Crippen LogP contribution in [-0.2, 0) is 36.1 Å². The van der Waals surface area contributed by atoms with Crippen molar-refractivity contribution in [2.75, 3.05) is 13.1 Å². The SMILES string of the molecule is CC(C)C[C@H](N)C(=O)N[C@@H](Cc1ccc(O)cc1)C(=O)N[C@@H](CCCCN)C(=O)N[C@@H](C)C(=O)NCC(=O)SCc1ccccc1. The molecule has 2 aromatic rings. The third-order valence-electron chi connectivity index (χ3n) is 7.05. The number of hydrogen-bond donors (Lipinski definition) is 7. The van der Waals surface area contributed by atoms with Crippen LogP contribution in [0.5, 0.6) is 5.75 Å². The molecule has 2 rings (SSSR count). The standard InChI is InChI=1S/C33H48N6O6S/c1-21(2)17-26(35)31(43)39-28(18-23-12-14-25(40)15-13-23)33(45)38-27(11-7-8-16-34)32(44)37-22(3)30(42)36-19-29(41)46-20-24-9-5-4-6-10-24/h4-6,9-10,12-15,21-22,26-28,40H,7-8,11,16-20,34-35H2,1-3H3,(H,36,42)(H,37,44)(H,38,45)(H,39,43)/t22-,26-,27-,28-/m0/s1. The average Bonchev–Trinajstić information content (AvgIpc) is 3.02. The van der Waals surface area contributed by atoms with Gasteiger partial charge in [-0.3, -0.25) is 24.0 Å². The summed E-state index contributed by atoms with van der Waals surface area (Å²) >= 11 is 1.08. The Morgan fingerprint density at radius 2 is 1.41 bits per heavy atom. The van der Waals surface area contributed by atoms with Gasteiger partial charge in [-0.2, -0.15) is 0 Å². The lowest BCUT2D eigenvalue weighted by atomic mass is 10.0. The van der Waals surface area contributed by atoms with Crippen molar-refractivity contribution in [2.45, 2.75) is 82.8 Å². The maximum absolute atomic E-state index is 13.6. The van der Waals surface area contributed by atoms with Gasteiger partial charge in [-0.05, 0) is 68.3 Å². The molecule has 13 heteroatoms. The fourth-order valence-electron chi connectivity index (χ4n) is 4.49. The minimum absolute atomic E-state index is 0.0536. The lowest BCUT2D eigenvalue weighted by Gasteiger charge is -2.25. The molecule has 4 amide bonds. The summed E-state index contributed by atoms with van der Waals surface area (Å²) in [5, 5.41) is 20.0. The predicted octanol–water partition coefficient (Wildman–Crippen LogP) is 1.49. The summed E-state index contributed by atoms with van der Waals surface area (Å²) in [6, 6.07) is 11.8. The van der Waals surface area contributed by atoms with Gasteiger partial charge in [-0.1, -0.05) is 68.1 Å². The number of thioether (sulfide) groups is 1. The van der Waals surface area contributed by atoms with E-state index in [-0.39, 0.29) is 36.2 Å². The van der Waals surface area contributed by atoms with Gasteiger partial charge >= 0.3 is 0 Å². The van der Waals surface area contributed by atoms with Crippen LogP contribution in [0, 0.1) is 5.92 Å². The van der Waals surface area contributed by atoms with Crippen LogP contribution in [-0.4, -0.2) is 71.1 Å². The third-order valence-corrected chi connectivity index (χ3v) is 8.00. The number of unbranched alkanes of at least 4 members (excludes halogenated alkanes) is 1. The van der Waals surface area contributed by atoms with Crippen molar-refractivity contribution in [1.82, 2.24) is 21.3 Å². The fourth-order valence-corrected chi connectivity index (χ4v) is 5.18. The summed E-state index contributed by atoms with van der Waals surface area (Å²) < 4.78 is 0.